The predicted molar refractivity (Wildman–Crippen MR) is 75.5 cm³/mol. The predicted octanol–water partition coefficient (Wildman–Crippen LogP) is 2.70. The van der Waals surface area contributed by atoms with E-state index in [-0.39, 0.29) is 11.8 Å². The van der Waals surface area contributed by atoms with Crippen LogP contribution < -0.4 is 11.1 Å². The molecule has 0 aromatic heterocycles. The molecule has 18 heavy (non-hydrogen) atoms. The first kappa shape index (κ1) is 13.4. The molecule has 1 fully saturated rings. The molecule has 5 heteroatoms. The Morgan fingerprint density at radius 3 is 2.72 bits per heavy atom. The second-order valence-electron chi connectivity index (χ2n) is 4.56. The Hall–Kier alpha value is -1.07. The molecule has 4 nitrogen and oxygen atoms in total. The molecule has 0 radical (unpaired) electrons. The fourth-order valence-electron chi connectivity index (χ4n) is 2.12. The number of aryl methyl sites for hydroxylation is 1. The number of nitrogens with two attached hydrogens (primary N) is 1. The number of hydrogen-bond acceptors (Lipinski definition) is 3. The van der Waals surface area contributed by atoms with Crippen molar-refractivity contribution in [2.45, 2.75) is 19.8 Å². The Balaban J connectivity index is 2.11. The maximum Gasteiger partial charge on any atom is 0.227 e. The smallest absolute Gasteiger partial charge is 0.227 e. The highest BCUT2D eigenvalue weighted by atomic mass is 79.9. The number of anilines is 2. The Bertz CT molecular complexity index is 433. The van der Waals surface area contributed by atoms with E-state index in [1.807, 2.05) is 13.0 Å². The first-order valence-electron chi connectivity index (χ1n) is 6.02. The van der Waals surface area contributed by atoms with E-state index in [1.54, 1.807) is 6.07 Å². The maximum atomic E-state index is 12.1. The first-order chi connectivity index (χ1) is 8.58. The van der Waals surface area contributed by atoms with Crippen LogP contribution in [-0.4, -0.2) is 19.1 Å². The third kappa shape index (κ3) is 3.03. The lowest BCUT2D eigenvalue weighted by Crippen LogP contribution is -2.29. The molecule has 98 valence electrons. The van der Waals surface area contributed by atoms with Crippen molar-refractivity contribution in [1.29, 1.82) is 0 Å². The van der Waals surface area contributed by atoms with E-state index < -0.39 is 0 Å². The van der Waals surface area contributed by atoms with Gasteiger partial charge in [0.15, 0.2) is 0 Å². The Morgan fingerprint density at radius 1 is 1.44 bits per heavy atom. The minimum Gasteiger partial charge on any atom is -0.397 e. The van der Waals surface area contributed by atoms with Gasteiger partial charge in [0.1, 0.15) is 0 Å². The monoisotopic (exact) mass is 312 g/mol. The van der Waals surface area contributed by atoms with E-state index in [1.165, 1.54) is 0 Å². The summed E-state index contributed by atoms with van der Waals surface area (Å²) in [4.78, 5) is 12.1. The minimum absolute atomic E-state index is 0.0289. The lowest BCUT2D eigenvalue weighted by Gasteiger charge is -2.22. The van der Waals surface area contributed by atoms with Gasteiger partial charge in [-0.1, -0.05) is 15.9 Å². The number of carbonyl (C=O) groups is 1. The highest BCUT2D eigenvalue weighted by Crippen LogP contribution is 2.29. The van der Waals surface area contributed by atoms with Crippen molar-refractivity contribution >= 4 is 33.2 Å². The Labute approximate surface area is 115 Å². The standard InChI is InChI=1S/C13H17BrN2O2/c1-8-6-10(14)7-11(15)12(8)16-13(17)9-2-4-18-5-3-9/h6-7,9H,2-5,15H2,1H3,(H,16,17). The fraction of sp³-hybridized carbons (Fsp3) is 0.462. The van der Waals surface area contributed by atoms with Crippen LogP contribution in [0.1, 0.15) is 18.4 Å². The van der Waals surface area contributed by atoms with Gasteiger partial charge in [-0.2, -0.15) is 0 Å². The first-order valence-corrected chi connectivity index (χ1v) is 6.81. The molecule has 1 aliphatic heterocycles. The number of nitrogen functional groups attached to an aromatic ring is 1. The average Bonchev–Trinajstić information content (AvgIpc) is 2.34. The number of nitrogens with one attached hydrogen (secondary N) is 1. The van der Waals surface area contributed by atoms with Crippen LogP contribution in [0.5, 0.6) is 0 Å². The van der Waals surface area contributed by atoms with Crippen LogP contribution in [0.3, 0.4) is 0 Å². The largest absolute Gasteiger partial charge is 0.397 e. The zero-order valence-electron chi connectivity index (χ0n) is 10.3. The van der Waals surface area contributed by atoms with Crippen molar-refractivity contribution in [3.8, 4) is 0 Å². The van der Waals surface area contributed by atoms with Crippen molar-refractivity contribution < 1.29 is 9.53 Å². The molecule has 3 N–H and O–H groups in total. The summed E-state index contributed by atoms with van der Waals surface area (Å²) in [6.07, 6.45) is 1.56. The molecule has 0 atom stereocenters. The molecule has 0 spiro atoms. The summed E-state index contributed by atoms with van der Waals surface area (Å²) in [6, 6.07) is 3.74. The second kappa shape index (κ2) is 5.71. The van der Waals surface area contributed by atoms with E-state index in [4.69, 9.17) is 10.5 Å². The topological polar surface area (TPSA) is 64.3 Å². The summed E-state index contributed by atoms with van der Waals surface area (Å²) in [6.45, 7) is 3.25. The van der Waals surface area contributed by atoms with Gasteiger partial charge >= 0.3 is 0 Å². The number of halogens is 1. The molecule has 1 aliphatic rings. The molecule has 0 unspecified atom stereocenters. The van der Waals surface area contributed by atoms with Gasteiger partial charge in [-0.05, 0) is 37.5 Å². The van der Waals surface area contributed by atoms with Gasteiger partial charge in [-0.15, -0.1) is 0 Å². The Kier molecular flexibility index (Phi) is 4.24. The van der Waals surface area contributed by atoms with Crippen molar-refractivity contribution in [3.63, 3.8) is 0 Å². The normalized spacial score (nSPS) is 16.6. The summed E-state index contributed by atoms with van der Waals surface area (Å²) in [7, 11) is 0. The summed E-state index contributed by atoms with van der Waals surface area (Å²) in [5.74, 6) is 0.0663. The SMILES string of the molecule is Cc1cc(Br)cc(N)c1NC(=O)C1CCOCC1. The zero-order chi connectivity index (χ0) is 13.1. The number of rotatable bonds is 2. The van der Waals surface area contributed by atoms with Gasteiger partial charge in [-0.3, -0.25) is 4.79 Å². The van der Waals surface area contributed by atoms with Crippen LogP contribution >= 0.6 is 15.9 Å². The summed E-state index contributed by atoms with van der Waals surface area (Å²) >= 11 is 3.38. The molecule has 0 saturated carbocycles. The minimum atomic E-state index is 0.0289. The summed E-state index contributed by atoms with van der Waals surface area (Å²) in [5.41, 5.74) is 8.19. The third-order valence-corrected chi connectivity index (χ3v) is 3.63. The van der Waals surface area contributed by atoms with E-state index in [0.29, 0.717) is 18.9 Å². The zero-order valence-corrected chi connectivity index (χ0v) is 11.9. The summed E-state index contributed by atoms with van der Waals surface area (Å²) in [5, 5.41) is 2.94. The highest BCUT2D eigenvalue weighted by molar-refractivity contribution is 9.10. The molecular weight excluding hydrogens is 296 g/mol. The fourth-order valence-corrected chi connectivity index (χ4v) is 2.71. The molecule has 1 heterocycles. The number of carbonyl (C=O) groups excluding carboxylic acids is 1. The van der Waals surface area contributed by atoms with E-state index in [2.05, 4.69) is 21.2 Å². The van der Waals surface area contributed by atoms with Crippen molar-refractivity contribution in [1.82, 2.24) is 0 Å². The second-order valence-corrected chi connectivity index (χ2v) is 5.48. The van der Waals surface area contributed by atoms with Crippen LogP contribution in [0.15, 0.2) is 16.6 Å². The van der Waals surface area contributed by atoms with Crippen LogP contribution in [-0.2, 0) is 9.53 Å². The molecular formula is C13H17BrN2O2. The number of benzene rings is 1. The average molecular weight is 313 g/mol. The maximum absolute atomic E-state index is 12.1. The van der Waals surface area contributed by atoms with E-state index >= 15 is 0 Å². The van der Waals surface area contributed by atoms with Gasteiger partial charge < -0.3 is 15.8 Å². The molecule has 1 aromatic carbocycles. The Morgan fingerprint density at radius 2 is 2.11 bits per heavy atom. The highest BCUT2D eigenvalue weighted by Gasteiger charge is 2.22. The van der Waals surface area contributed by atoms with Crippen LogP contribution in [0.2, 0.25) is 0 Å². The number of ether oxygens (including phenoxy) is 1. The van der Waals surface area contributed by atoms with E-state index in [0.717, 1.165) is 28.6 Å². The lowest BCUT2D eigenvalue weighted by molar-refractivity contribution is -0.122. The van der Waals surface area contributed by atoms with Crippen molar-refractivity contribution in [2.75, 3.05) is 24.3 Å². The van der Waals surface area contributed by atoms with Gasteiger partial charge in [-0.25, -0.2) is 0 Å². The third-order valence-electron chi connectivity index (χ3n) is 3.17. The van der Waals surface area contributed by atoms with Gasteiger partial charge in [0.25, 0.3) is 0 Å². The molecule has 0 bridgehead atoms. The molecule has 1 aromatic rings. The quantitative estimate of drug-likeness (QED) is 0.825. The molecule has 2 rings (SSSR count). The molecule has 1 saturated heterocycles. The lowest BCUT2D eigenvalue weighted by atomic mass is 9.99. The number of amides is 1. The summed E-state index contributed by atoms with van der Waals surface area (Å²) < 4.78 is 6.17. The number of hydrogen-bond donors (Lipinski definition) is 2. The molecule has 0 aliphatic carbocycles. The van der Waals surface area contributed by atoms with Gasteiger partial charge in [0.2, 0.25) is 5.91 Å². The van der Waals surface area contributed by atoms with Crippen LogP contribution in [0.25, 0.3) is 0 Å². The van der Waals surface area contributed by atoms with Crippen molar-refractivity contribution in [3.05, 3.63) is 22.2 Å². The molecule has 1 amide bonds. The van der Waals surface area contributed by atoms with Gasteiger partial charge in [0.05, 0.1) is 11.4 Å². The van der Waals surface area contributed by atoms with Crippen molar-refractivity contribution in [2.24, 2.45) is 5.92 Å². The van der Waals surface area contributed by atoms with Crippen LogP contribution in [0, 0.1) is 12.8 Å². The van der Waals surface area contributed by atoms with Gasteiger partial charge in [0, 0.05) is 23.6 Å². The van der Waals surface area contributed by atoms with E-state index in [9.17, 15) is 4.79 Å². The van der Waals surface area contributed by atoms with Crippen LogP contribution in [0.4, 0.5) is 11.4 Å².